The van der Waals surface area contributed by atoms with E-state index in [0.717, 1.165) is 21.4 Å². The van der Waals surface area contributed by atoms with Crippen molar-refractivity contribution in [2.24, 2.45) is 0 Å². The highest BCUT2D eigenvalue weighted by atomic mass is 35.5. The molecule has 2 aromatic heterocycles. The second-order valence-electron chi connectivity index (χ2n) is 8.31. The van der Waals surface area contributed by atoms with Crippen LogP contribution in [0.3, 0.4) is 0 Å². The highest BCUT2D eigenvalue weighted by molar-refractivity contribution is 7.99. The zero-order valence-electron chi connectivity index (χ0n) is 19.2. The van der Waals surface area contributed by atoms with Gasteiger partial charge >= 0.3 is 0 Å². The molecule has 2 aromatic carbocycles. The maximum atomic E-state index is 6.28. The van der Waals surface area contributed by atoms with Crippen molar-refractivity contribution < 1.29 is 4.74 Å². The monoisotopic (exact) mass is 511 g/mol. The molecule has 0 spiro atoms. The lowest BCUT2D eigenvalue weighted by molar-refractivity contribution is 0.122. The maximum absolute atomic E-state index is 6.28. The van der Waals surface area contributed by atoms with Crippen LogP contribution >= 0.6 is 35.0 Å². The van der Waals surface area contributed by atoms with Crippen molar-refractivity contribution in [1.82, 2.24) is 14.5 Å². The Hall–Kier alpha value is -2.31. The molecule has 0 radical (unpaired) electrons. The van der Waals surface area contributed by atoms with Crippen molar-refractivity contribution in [3.8, 4) is 0 Å². The van der Waals surface area contributed by atoms with E-state index >= 15 is 0 Å². The zero-order valence-corrected chi connectivity index (χ0v) is 21.6. The summed E-state index contributed by atoms with van der Waals surface area (Å²) in [5.41, 5.74) is 3.40. The van der Waals surface area contributed by atoms with Gasteiger partial charge in [0, 0.05) is 40.3 Å². The minimum Gasteiger partial charge on any atom is -0.376 e. The molecule has 34 heavy (non-hydrogen) atoms. The molecule has 7 heteroatoms. The molecule has 4 aromatic rings. The highest BCUT2D eigenvalue weighted by Gasteiger charge is 2.21. The van der Waals surface area contributed by atoms with E-state index in [4.69, 9.17) is 32.9 Å². The molecular formula is C27H27Cl2N3OS. The Kier molecular flexibility index (Phi) is 8.68. The summed E-state index contributed by atoms with van der Waals surface area (Å²) in [6, 6.07) is 19.9. The number of nitrogens with zero attached hydrogens (tertiary/aromatic N) is 3. The minimum atomic E-state index is 0.264. The predicted octanol–water partition coefficient (Wildman–Crippen LogP) is 7.67. The topological polar surface area (TPSA) is 39.9 Å². The van der Waals surface area contributed by atoms with Crippen molar-refractivity contribution >= 4 is 35.0 Å². The van der Waals surface area contributed by atoms with Crippen LogP contribution in [0, 0.1) is 0 Å². The first-order valence-corrected chi connectivity index (χ1v) is 12.8. The lowest BCUT2D eigenvalue weighted by Gasteiger charge is -2.14. The third-order valence-corrected chi connectivity index (χ3v) is 6.83. The predicted molar refractivity (Wildman–Crippen MR) is 140 cm³/mol. The number of benzene rings is 2. The number of rotatable bonds is 10. The first-order chi connectivity index (χ1) is 16.5. The van der Waals surface area contributed by atoms with Crippen LogP contribution in [0.15, 0.2) is 83.0 Å². The van der Waals surface area contributed by atoms with Crippen LogP contribution < -0.4 is 0 Å². The van der Waals surface area contributed by atoms with Crippen molar-refractivity contribution in [2.45, 2.75) is 49.3 Å². The average Bonchev–Trinajstić information content (AvgIpc) is 3.14. The van der Waals surface area contributed by atoms with Gasteiger partial charge in [-0.1, -0.05) is 79.1 Å². The van der Waals surface area contributed by atoms with Gasteiger partial charge in [-0.2, -0.15) is 0 Å². The first kappa shape index (κ1) is 24.8. The quantitative estimate of drug-likeness (QED) is 0.205. The van der Waals surface area contributed by atoms with Gasteiger partial charge in [-0.3, -0.25) is 4.98 Å². The smallest absolute Gasteiger partial charge is 0.112 e. The summed E-state index contributed by atoms with van der Waals surface area (Å²) in [6.07, 6.45) is 4.36. The molecule has 0 aliphatic heterocycles. The Labute approximate surface area is 215 Å². The Balaban J connectivity index is 1.62. The SMILES string of the molecule is CC(C)c1nc(CCOCc2ccccc2)n(Cc2ccncc2)c1Sc1cc(Cl)cc(Cl)c1. The number of ether oxygens (including phenoxy) is 1. The fourth-order valence-corrected chi connectivity index (χ4v) is 5.55. The fraction of sp³-hybridized carbons (Fsp3) is 0.259. The maximum Gasteiger partial charge on any atom is 0.112 e. The van der Waals surface area contributed by atoms with Gasteiger partial charge in [0.15, 0.2) is 0 Å². The van der Waals surface area contributed by atoms with Gasteiger partial charge in [0.1, 0.15) is 10.9 Å². The number of hydrogen-bond acceptors (Lipinski definition) is 4. The van der Waals surface area contributed by atoms with Gasteiger partial charge in [-0.15, -0.1) is 0 Å². The highest BCUT2D eigenvalue weighted by Crippen LogP contribution is 2.37. The van der Waals surface area contributed by atoms with E-state index in [2.05, 4.69) is 35.5 Å². The van der Waals surface area contributed by atoms with E-state index in [-0.39, 0.29) is 5.92 Å². The standard InChI is InChI=1S/C27H27Cl2N3OS/c1-19(2)26-27(34-24-15-22(28)14-23(29)16-24)32(17-20-8-11-30-12-9-20)25(31-26)10-13-33-18-21-6-4-3-5-7-21/h3-9,11-12,14-16,19H,10,13,17-18H2,1-2H3. The molecule has 0 bridgehead atoms. The van der Waals surface area contributed by atoms with Crippen LogP contribution in [0.2, 0.25) is 10.0 Å². The molecule has 0 aliphatic carbocycles. The second kappa shape index (κ2) is 11.9. The Bertz CT molecular complexity index is 1190. The van der Waals surface area contributed by atoms with Crippen molar-refractivity contribution in [1.29, 1.82) is 0 Å². The Morgan fingerprint density at radius 3 is 2.32 bits per heavy atom. The Morgan fingerprint density at radius 1 is 0.941 bits per heavy atom. The van der Waals surface area contributed by atoms with Crippen molar-refractivity contribution in [3.63, 3.8) is 0 Å². The largest absolute Gasteiger partial charge is 0.376 e. The third kappa shape index (κ3) is 6.63. The molecular weight excluding hydrogens is 485 g/mol. The van der Waals surface area contributed by atoms with E-state index in [1.54, 1.807) is 17.8 Å². The number of aromatic nitrogens is 3. The van der Waals surface area contributed by atoms with E-state index in [1.807, 2.05) is 54.9 Å². The van der Waals surface area contributed by atoms with Gasteiger partial charge in [0.05, 0.1) is 18.9 Å². The number of pyridine rings is 1. The van der Waals surface area contributed by atoms with Gasteiger partial charge in [-0.25, -0.2) is 4.98 Å². The van der Waals surface area contributed by atoms with Crippen LogP contribution in [0.1, 0.15) is 42.4 Å². The van der Waals surface area contributed by atoms with Crippen LogP contribution in [-0.4, -0.2) is 21.1 Å². The number of halogens is 2. The van der Waals surface area contributed by atoms with Gasteiger partial charge in [-0.05, 0) is 47.4 Å². The molecule has 2 heterocycles. The van der Waals surface area contributed by atoms with E-state index in [1.165, 1.54) is 11.1 Å². The molecule has 0 atom stereocenters. The minimum absolute atomic E-state index is 0.264. The number of imidazole rings is 1. The lowest BCUT2D eigenvalue weighted by Crippen LogP contribution is -2.10. The third-order valence-electron chi connectivity index (χ3n) is 5.29. The summed E-state index contributed by atoms with van der Waals surface area (Å²) in [4.78, 5) is 10.2. The summed E-state index contributed by atoms with van der Waals surface area (Å²) >= 11 is 14.2. The molecule has 0 unspecified atom stereocenters. The summed E-state index contributed by atoms with van der Waals surface area (Å²) < 4.78 is 8.27. The summed E-state index contributed by atoms with van der Waals surface area (Å²) in [5, 5.41) is 2.34. The summed E-state index contributed by atoms with van der Waals surface area (Å²) in [7, 11) is 0. The van der Waals surface area contributed by atoms with Crippen LogP contribution in [-0.2, 0) is 24.3 Å². The van der Waals surface area contributed by atoms with Crippen LogP contribution in [0.4, 0.5) is 0 Å². The summed E-state index contributed by atoms with van der Waals surface area (Å²) in [6.45, 7) is 6.22. The second-order valence-corrected chi connectivity index (χ2v) is 10.2. The molecule has 0 saturated carbocycles. The normalized spacial score (nSPS) is 11.3. The van der Waals surface area contributed by atoms with Gasteiger partial charge < -0.3 is 9.30 Å². The first-order valence-electron chi connectivity index (χ1n) is 11.2. The van der Waals surface area contributed by atoms with Crippen LogP contribution in [0.25, 0.3) is 0 Å². The lowest BCUT2D eigenvalue weighted by atomic mass is 10.1. The van der Waals surface area contributed by atoms with Crippen molar-refractivity contribution in [3.05, 3.63) is 106 Å². The van der Waals surface area contributed by atoms with E-state index in [9.17, 15) is 0 Å². The molecule has 0 saturated heterocycles. The molecule has 0 N–H and O–H groups in total. The zero-order chi connectivity index (χ0) is 23.9. The van der Waals surface area contributed by atoms with Gasteiger partial charge in [0.25, 0.3) is 0 Å². The van der Waals surface area contributed by atoms with E-state index < -0.39 is 0 Å². The summed E-state index contributed by atoms with van der Waals surface area (Å²) in [5.74, 6) is 1.27. The fourth-order valence-electron chi connectivity index (χ4n) is 3.64. The molecule has 0 amide bonds. The molecule has 0 fully saturated rings. The van der Waals surface area contributed by atoms with Crippen molar-refractivity contribution in [2.75, 3.05) is 6.61 Å². The molecule has 4 rings (SSSR count). The van der Waals surface area contributed by atoms with Gasteiger partial charge in [0.2, 0.25) is 0 Å². The molecule has 4 nitrogen and oxygen atoms in total. The van der Waals surface area contributed by atoms with E-state index in [0.29, 0.717) is 36.2 Å². The number of hydrogen-bond donors (Lipinski definition) is 0. The van der Waals surface area contributed by atoms with Crippen LogP contribution in [0.5, 0.6) is 0 Å². The Morgan fingerprint density at radius 2 is 1.65 bits per heavy atom. The average molecular weight is 513 g/mol. The molecule has 176 valence electrons. The molecule has 0 aliphatic rings.